The number of aromatic nitrogens is 1. The van der Waals surface area contributed by atoms with Gasteiger partial charge in [-0.3, -0.25) is 14.4 Å². The van der Waals surface area contributed by atoms with Crippen molar-refractivity contribution in [3.63, 3.8) is 0 Å². The van der Waals surface area contributed by atoms with Crippen LogP contribution in [0.3, 0.4) is 0 Å². The second kappa shape index (κ2) is 6.65. The molecule has 0 aliphatic carbocycles. The fourth-order valence-corrected chi connectivity index (χ4v) is 2.55. The predicted molar refractivity (Wildman–Crippen MR) is 90.4 cm³/mol. The van der Waals surface area contributed by atoms with Gasteiger partial charge in [0.1, 0.15) is 11.2 Å². The van der Waals surface area contributed by atoms with E-state index in [1.54, 1.807) is 16.8 Å². The van der Waals surface area contributed by atoms with Gasteiger partial charge in [0, 0.05) is 24.7 Å². The Morgan fingerprint density at radius 2 is 2.17 bits per heavy atom. The molecule has 0 spiro atoms. The van der Waals surface area contributed by atoms with Crippen molar-refractivity contribution in [3.8, 4) is 5.75 Å². The molecule has 0 atom stereocenters. The predicted octanol–water partition coefficient (Wildman–Crippen LogP) is 3.09. The molecule has 4 nitrogen and oxygen atoms in total. The monoisotopic (exact) mass is 308 g/mol. The van der Waals surface area contributed by atoms with E-state index in [-0.39, 0.29) is 11.9 Å². The van der Waals surface area contributed by atoms with Crippen LogP contribution in [0.5, 0.6) is 5.75 Å². The van der Waals surface area contributed by atoms with Crippen LogP contribution >= 0.6 is 0 Å². The van der Waals surface area contributed by atoms with Gasteiger partial charge in [-0.1, -0.05) is 12.1 Å². The summed E-state index contributed by atoms with van der Waals surface area (Å²) >= 11 is 0. The summed E-state index contributed by atoms with van der Waals surface area (Å²) in [7, 11) is 0. The third-order valence-corrected chi connectivity index (χ3v) is 3.60. The average Bonchev–Trinajstić information content (AvgIpc) is 3.00. The molecule has 0 amide bonds. The zero-order chi connectivity index (χ0) is 16.2. The lowest BCUT2D eigenvalue weighted by Gasteiger charge is -2.04. The van der Waals surface area contributed by atoms with Gasteiger partial charge < -0.3 is 4.74 Å². The standard InChI is InChI=1S/C19H20N2O2/c1-14(2)20-18-5-3-4-11-21(18)19(22)9-7-15-6-8-17-16(13-15)10-12-23-17/h3-9,11,13-14H,10,12H2,1-2H3/b9-7+,20-18?. The lowest BCUT2D eigenvalue weighted by atomic mass is 10.1. The molecule has 0 radical (unpaired) electrons. The molecule has 1 aliphatic heterocycles. The minimum atomic E-state index is -0.109. The van der Waals surface area contributed by atoms with E-state index in [0.29, 0.717) is 5.49 Å². The van der Waals surface area contributed by atoms with Crippen LogP contribution in [0.4, 0.5) is 0 Å². The Labute approximate surface area is 135 Å². The normalized spacial score (nSPS) is 14.3. The molecule has 0 N–H and O–H groups in total. The third-order valence-electron chi connectivity index (χ3n) is 3.60. The average molecular weight is 308 g/mol. The van der Waals surface area contributed by atoms with Gasteiger partial charge in [-0.2, -0.15) is 0 Å². The lowest BCUT2D eigenvalue weighted by Crippen LogP contribution is -2.26. The Morgan fingerprint density at radius 3 is 3.00 bits per heavy atom. The summed E-state index contributed by atoms with van der Waals surface area (Å²) in [6.07, 6.45) is 6.08. The Balaban J connectivity index is 1.85. The van der Waals surface area contributed by atoms with Gasteiger partial charge in [-0.25, -0.2) is 0 Å². The smallest absolute Gasteiger partial charge is 0.256 e. The maximum Gasteiger partial charge on any atom is 0.256 e. The number of carbonyl (C=O) groups excluding carboxylic acids is 1. The topological polar surface area (TPSA) is 43.6 Å². The molecule has 0 fully saturated rings. The van der Waals surface area contributed by atoms with Crippen LogP contribution in [0.25, 0.3) is 6.08 Å². The van der Waals surface area contributed by atoms with Crippen molar-refractivity contribution in [2.45, 2.75) is 26.3 Å². The first-order valence-corrected chi connectivity index (χ1v) is 7.83. The molecular formula is C19H20N2O2. The maximum absolute atomic E-state index is 12.4. The first-order valence-electron chi connectivity index (χ1n) is 7.83. The highest BCUT2D eigenvalue weighted by atomic mass is 16.5. The summed E-state index contributed by atoms with van der Waals surface area (Å²) < 4.78 is 7.06. The second-order valence-corrected chi connectivity index (χ2v) is 5.79. The molecule has 23 heavy (non-hydrogen) atoms. The summed E-state index contributed by atoms with van der Waals surface area (Å²) in [5, 5.41) is 0. The zero-order valence-electron chi connectivity index (χ0n) is 13.4. The minimum absolute atomic E-state index is 0.109. The molecule has 2 heterocycles. The van der Waals surface area contributed by atoms with Gasteiger partial charge in [0.2, 0.25) is 0 Å². The minimum Gasteiger partial charge on any atom is -0.493 e. The number of pyridine rings is 1. The van der Waals surface area contributed by atoms with E-state index >= 15 is 0 Å². The van der Waals surface area contributed by atoms with E-state index in [4.69, 9.17) is 4.74 Å². The molecule has 118 valence electrons. The lowest BCUT2D eigenvalue weighted by molar-refractivity contribution is 0.0964. The number of fused-ring (bicyclic) bond motifs is 1. The van der Waals surface area contributed by atoms with E-state index in [1.165, 1.54) is 5.56 Å². The summed E-state index contributed by atoms with van der Waals surface area (Å²) in [4.78, 5) is 16.9. The van der Waals surface area contributed by atoms with Crippen molar-refractivity contribution >= 4 is 12.0 Å². The molecule has 0 saturated carbocycles. The van der Waals surface area contributed by atoms with Crippen LogP contribution < -0.4 is 10.2 Å². The maximum atomic E-state index is 12.4. The van der Waals surface area contributed by atoms with Gasteiger partial charge in [0.25, 0.3) is 5.91 Å². The van der Waals surface area contributed by atoms with Crippen molar-refractivity contribution in [2.75, 3.05) is 6.61 Å². The third kappa shape index (κ3) is 3.59. The largest absolute Gasteiger partial charge is 0.493 e. The first kappa shape index (κ1) is 15.3. The number of nitrogens with zero attached hydrogens (tertiary/aromatic N) is 2. The summed E-state index contributed by atoms with van der Waals surface area (Å²) in [6, 6.07) is 11.7. The molecule has 0 bridgehead atoms. The highest BCUT2D eigenvalue weighted by Gasteiger charge is 2.11. The van der Waals surface area contributed by atoms with Crippen LogP contribution in [0.2, 0.25) is 0 Å². The van der Waals surface area contributed by atoms with E-state index in [1.807, 2.05) is 50.3 Å². The van der Waals surface area contributed by atoms with Gasteiger partial charge in [0.15, 0.2) is 0 Å². The highest BCUT2D eigenvalue weighted by molar-refractivity contribution is 5.93. The van der Waals surface area contributed by atoms with Gasteiger partial charge in [-0.05, 0) is 55.3 Å². The molecule has 1 aromatic carbocycles. The molecule has 0 unspecified atom stereocenters. The van der Waals surface area contributed by atoms with E-state index in [9.17, 15) is 4.79 Å². The fraction of sp³-hybridized carbons (Fsp3) is 0.263. The van der Waals surface area contributed by atoms with Gasteiger partial charge in [-0.15, -0.1) is 0 Å². The fourth-order valence-electron chi connectivity index (χ4n) is 2.55. The number of carbonyl (C=O) groups is 1. The molecule has 3 rings (SSSR count). The van der Waals surface area contributed by atoms with Crippen LogP contribution in [-0.2, 0) is 6.42 Å². The van der Waals surface area contributed by atoms with E-state index in [2.05, 4.69) is 11.1 Å². The molecule has 1 aromatic heterocycles. The van der Waals surface area contributed by atoms with Gasteiger partial charge >= 0.3 is 0 Å². The van der Waals surface area contributed by atoms with Crippen molar-refractivity contribution < 1.29 is 9.53 Å². The van der Waals surface area contributed by atoms with Crippen LogP contribution in [0, 0.1) is 0 Å². The first-order chi connectivity index (χ1) is 11.1. The van der Waals surface area contributed by atoms with Crippen LogP contribution in [0.1, 0.15) is 29.8 Å². The quantitative estimate of drug-likeness (QED) is 0.818. The second-order valence-electron chi connectivity index (χ2n) is 5.79. The molecular weight excluding hydrogens is 288 g/mol. The van der Waals surface area contributed by atoms with E-state index in [0.717, 1.165) is 24.3 Å². The summed E-state index contributed by atoms with van der Waals surface area (Å²) in [5.41, 5.74) is 2.86. The van der Waals surface area contributed by atoms with Crippen molar-refractivity contribution in [2.24, 2.45) is 4.99 Å². The number of hydrogen-bond acceptors (Lipinski definition) is 3. The summed E-state index contributed by atoms with van der Waals surface area (Å²) in [6.45, 7) is 4.72. The molecule has 0 saturated heterocycles. The molecule has 2 aromatic rings. The molecule has 4 heteroatoms. The SMILES string of the molecule is CC(C)N=c1ccccn1C(=O)/C=C/c1ccc2c(c1)CCO2. The van der Waals surface area contributed by atoms with E-state index < -0.39 is 0 Å². The zero-order valence-corrected chi connectivity index (χ0v) is 13.4. The van der Waals surface area contributed by atoms with Crippen molar-refractivity contribution in [1.82, 2.24) is 4.57 Å². The van der Waals surface area contributed by atoms with Crippen LogP contribution in [-0.4, -0.2) is 23.1 Å². The Hall–Kier alpha value is -2.62. The number of rotatable bonds is 3. The van der Waals surface area contributed by atoms with Gasteiger partial charge in [0.05, 0.1) is 6.61 Å². The van der Waals surface area contributed by atoms with Crippen LogP contribution in [0.15, 0.2) is 53.7 Å². The number of allylic oxidation sites excluding steroid dienone is 1. The molecule has 1 aliphatic rings. The number of hydrogen-bond donors (Lipinski definition) is 0. The Kier molecular flexibility index (Phi) is 4.42. The number of benzene rings is 1. The summed E-state index contributed by atoms with van der Waals surface area (Å²) in [5.74, 6) is 0.839. The Bertz CT molecular complexity index is 816. The van der Waals surface area contributed by atoms with Crippen molar-refractivity contribution in [1.29, 1.82) is 0 Å². The highest BCUT2D eigenvalue weighted by Crippen LogP contribution is 2.26. The van der Waals surface area contributed by atoms with Crippen molar-refractivity contribution in [3.05, 3.63) is 65.3 Å². The number of ether oxygens (including phenoxy) is 1. The Morgan fingerprint density at radius 1 is 1.30 bits per heavy atom.